The van der Waals surface area contributed by atoms with Gasteiger partial charge < -0.3 is 20.6 Å². The molecule has 1 aromatic carbocycles. The van der Waals surface area contributed by atoms with Crippen molar-refractivity contribution in [1.82, 2.24) is 4.98 Å². The number of hydrogen-bond donors (Lipinski definition) is 4. The molecule has 102 valence electrons. The van der Waals surface area contributed by atoms with Gasteiger partial charge in [-0.15, -0.1) is 11.3 Å². The van der Waals surface area contributed by atoms with Crippen LogP contribution in [-0.2, 0) is 0 Å². The third-order valence-electron chi connectivity index (χ3n) is 2.68. The van der Waals surface area contributed by atoms with Crippen LogP contribution in [0.1, 0.15) is 19.8 Å². The highest BCUT2D eigenvalue weighted by Gasteiger charge is 2.11. The van der Waals surface area contributed by atoms with Crippen LogP contribution < -0.4 is 5.32 Å². The van der Waals surface area contributed by atoms with Crippen LogP contribution in [0.3, 0.4) is 0 Å². The smallest absolute Gasteiger partial charge is 0.200 e. The molecule has 6 heteroatoms. The molecule has 0 aliphatic rings. The van der Waals surface area contributed by atoms with E-state index in [2.05, 4.69) is 17.2 Å². The number of thiazole rings is 1. The normalized spacial score (nSPS) is 10.6. The number of benzene rings is 1. The average Bonchev–Trinajstić information content (AvgIpc) is 2.84. The van der Waals surface area contributed by atoms with Crippen molar-refractivity contribution >= 4 is 16.5 Å². The maximum absolute atomic E-state index is 9.47. The van der Waals surface area contributed by atoms with Crippen molar-refractivity contribution in [2.45, 2.75) is 19.8 Å². The standard InChI is InChI=1S/C13H16N2O3S/c1-2-3-4-14-13-15-9(7-19-13)8-5-10(16)12(18)11(17)6-8/h5-7,16-18H,2-4H2,1H3,(H,14,15). The number of nitrogens with one attached hydrogen (secondary N) is 1. The molecule has 0 saturated carbocycles. The van der Waals surface area contributed by atoms with Gasteiger partial charge in [0.2, 0.25) is 0 Å². The lowest BCUT2D eigenvalue weighted by Crippen LogP contribution is -1.99. The summed E-state index contributed by atoms with van der Waals surface area (Å²) in [6.45, 7) is 2.99. The average molecular weight is 280 g/mol. The van der Waals surface area contributed by atoms with Gasteiger partial charge in [0.1, 0.15) is 0 Å². The van der Waals surface area contributed by atoms with E-state index in [-0.39, 0.29) is 11.5 Å². The zero-order valence-electron chi connectivity index (χ0n) is 10.6. The van der Waals surface area contributed by atoms with Gasteiger partial charge in [-0.25, -0.2) is 4.98 Å². The van der Waals surface area contributed by atoms with E-state index < -0.39 is 5.75 Å². The third kappa shape index (κ3) is 3.08. The SMILES string of the molecule is CCCCNc1nc(-c2cc(O)c(O)c(O)c2)cs1. The lowest BCUT2D eigenvalue weighted by Gasteiger charge is -2.03. The number of aromatic nitrogens is 1. The number of nitrogens with zero attached hydrogens (tertiary/aromatic N) is 1. The molecule has 0 saturated heterocycles. The molecule has 0 spiro atoms. The molecule has 0 aliphatic carbocycles. The van der Waals surface area contributed by atoms with E-state index >= 15 is 0 Å². The summed E-state index contributed by atoms with van der Waals surface area (Å²) in [7, 11) is 0. The molecular formula is C13H16N2O3S. The number of phenols is 3. The lowest BCUT2D eigenvalue weighted by atomic mass is 10.1. The van der Waals surface area contributed by atoms with E-state index in [1.807, 2.05) is 5.38 Å². The zero-order valence-corrected chi connectivity index (χ0v) is 11.4. The van der Waals surface area contributed by atoms with Crippen molar-refractivity contribution in [3.05, 3.63) is 17.5 Å². The van der Waals surface area contributed by atoms with E-state index in [9.17, 15) is 15.3 Å². The topological polar surface area (TPSA) is 85.6 Å². The number of anilines is 1. The minimum absolute atomic E-state index is 0.358. The number of unbranched alkanes of at least 4 members (excludes halogenated alkanes) is 1. The van der Waals surface area contributed by atoms with Crippen molar-refractivity contribution in [2.24, 2.45) is 0 Å². The Morgan fingerprint density at radius 3 is 2.53 bits per heavy atom. The summed E-state index contributed by atoms with van der Waals surface area (Å²) in [5, 5.41) is 34.1. The van der Waals surface area contributed by atoms with Crippen LogP contribution >= 0.6 is 11.3 Å². The molecule has 0 fully saturated rings. The summed E-state index contributed by atoms with van der Waals surface area (Å²) in [4.78, 5) is 4.37. The minimum Gasteiger partial charge on any atom is -0.504 e. The van der Waals surface area contributed by atoms with Gasteiger partial charge in [-0.3, -0.25) is 0 Å². The highest BCUT2D eigenvalue weighted by molar-refractivity contribution is 7.14. The molecule has 0 radical (unpaired) electrons. The van der Waals surface area contributed by atoms with E-state index in [1.165, 1.54) is 23.5 Å². The largest absolute Gasteiger partial charge is 0.504 e. The Bertz CT molecular complexity index is 546. The molecule has 1 aromatic heterocycles. The molecule has 2 rings (SSSR count). The number of hydrogen-bond acceptors (Lipinski definition) is 6. The van der Waals surface area contributed by atoms with E-state index in [1.54, 1.807) is 0 Å². The summed E-state index contributed by atoms with van der Waals surface area (Å²) in [6, 6.07) is 2.75. The van der Waals surface area contributed by atoms with Crippen LogP contribution in [0.25, 0.3) is 11.3 Å². The summed E-state index contributed by atoms with van der Waals surface area (Å²) in [5.74, 6) is -1.23. The van der Waals surface area contributed by atoms with Gasteiger partial charge in [0.15, 0.2) is 22.4 Å². The van der Waals surface area contributed by atoms with Crippen molar-refractivity contribution in [1.29, 1.82) is 0 Å². The second-order valence-electron chi connectivity index (χ2n) is 4.18. The van der Waals surface area contributed by atoms with E-state index in [4.69, 9.17) is 0 Å². The van der Waals surface area contributed by atoms with Crippen LogP contribution in [0.15, 0.2) is 17.5 Å². The second-order valence-corrected chi connectivity index (χ2v) is 5.04. The van der Waals surface area contributed by atoms with Gasteiger partial charge in [0.25, 0.3) is 0 Å². The first kappa shape index (κ1) is 13.5. The van der Waals surface area contributed by atoms with Crippen molar-refractivity contribution in [3.8, 4) is 28.5 Å². The van der Waals surface area contributed by atoms with Crippen LogP contribution in [-0.4, -0.2) is 26.8 Å². The van der Waals surface area contributed by atoms with Gasteiger partial charge >= 0.3 is 0 Å². The Morgan fingerprint density at radius 1 is 1.21 bits per heavy atom. The first-order valence-electron chi connectivity index (χ1n) is 6.06. The highest BCUT2D eigenvalue weighted by Crippen LogP contribution is 2.39. The summed E-state index contributed by atoms with van der Waals surface area (Å²) < 4.78 is 0. The molecule has 0 atom stereocenters. The third-order valence-corrected chi connectivity index (χ3v) is 3.48. The predicted octanol–water partition coefficient (Wildman–Crippen LogP) is 3.14. The Morgan fingerprint density at radius 2 is 1.89 bits per heavy atom. The summed E-state index contributed by atoms with van der Waals surface area (Å²) in [5.41, 5.74) is 1.21. The molecule has 2 aromatic rings. The maximum Gasteiger partial charge on any atom is 0.200 e. The van der Waals surface area contributed by atoms with Crippen LogP contribution in [0.4, 0.5) is 5.13 Å². The van der Waals surface area contributed by atoms with Crippen LogP contribution in [0.2, 0.25) is 0 Å². The van der Waals surface area contributed by atoms with E-state index in [0.717, 1.165) is 24.5 Å². The Labute approximate surface area is 115 Å². The Hall–Kier alpha value is -1.95. The van der Waals surface area contributed by atoms with E-state index in [0.29, 0.717) is 11.3 Å². The number of phenolic OH excluding ortho intramolecular Hbond substituents is 3. The molecule has 0 amide bonds. The molecule has 19 heavy (non-hydrogen) atoms. The van der Waals surface area contributed by atoms with Crippen molar-refractivity contribution < 1.29 is 15.3 Å². The first-order valence-corrected chi connectivity index (χ1v) is 6.94. The van der Waals surface area contributed by atoms with Crippen LogP contribution in [0.5, 0.6) is 17.2 Å². The molecule has 1 heterocycles. The predicted molar refractivity (Wildman–Crippen MR) is 75.9 cm³/mol. The number of aromatic hydroxyl groups is 3. The number of rotatable bonds is 5. The highest BCUT2D eigenvalue weighted by atomic mass is 32.1. The Kier molecular flexibility index (Phi) is 4.11. The fourth-order valence-electron chi connectivity index (χ4n) is 1.61. The van der Waals surface area contributed by atoms with Gasteiger partial charge in [0.05, 0.1) is 5.69 Å². The molecule has 0 bridgehead atoms. The lowest BCUT2D eigenvalue weighted by molar-refractivity contribution is 0.368. The fraction of sp³-hybridized carbons (Fsp3) is 0.308. The van der Waals surface area contributed by atoms with Crippen molar-refractivity contribution in [3.63, 3.8) is 0 Å². The Balaban J connectivity index is 2.18. The van der Waals surface area contributed by atoms with Crippen LogP contribution in [0, 0.1) is 0 Å². The van der Waals surface area contributed by atoms with Gasteiger partial charge in [-0.1, -0.05) is 13.3 Å². The molecular weight excluding hydrogens is 264 g/mol. The molecule has 5 nitrogen and oxygen atoms in total. The molecule has 0 aliphatic heterocycles. The monoisotopic (exact) mass is 280 g/mol. The summed E-state index contributed by atoms with van der Waals surface area (Å²) >= 11 is 1.46. The minimum atomic E-state index is -0.514. The molecule has 4 N–H and O–H groups in total. The fourth-order valence-corrected chi connectivity index (χ4v) is 2.36. The maximum atomic E-state index is 9.47. The van der Waals surface area contributed by atoms with Gasteiger partial charge in [-0.05, 0) is 18.6 Å². The second kappa shape index (κ2) is 5.79. The van der Waals surface area contributed by atoms with Gasteiger partial charge in [0, 0.05) is 17.5 Å². The quantitative estimate of drug-likeness (QED) is 0.499. The molecule has 0 unspecified atom stereocenters. The first-order chi connectivity index (χ1) is 9.11. The summed E-state index contributed by atoms with van der Waals surface area (Å²) in [6.07, 6.45) is 2.20. The van der Waals surface area contributed by atoms with Gasteiger partial charge in [-0.2, -0.15) is 0 Å². The zero-order chi connectivity index (χ0) is 13.8. The van der Waals surface area contributed by atoms with Crippen molar-refractivity contribution in [2.75, 3.05) is 11.9 Å².